The van der Waals surface area contributed by atoms with Crippen LogP contribution in [0.1, 0.15) is 32.3 Å². The van der Waals surface area contributed by atoms with Gasteiger partial charge in [0.15, 0.2) is 0 Å². The molecule has 0 saturated carbocycles. The monoisotopic (exact) mass is 331 g/mol. The van der Waals surface area contributed by atoms with Gasteiger partial charge < -0.3 is 19.5 Å². The Morgan fingerprint density at radius 2 is 1.75 bits per heavy atom. The quantitative estimate of drug-likeness (QED) is 0.863. The van der Waals surface area contributed by atoms with Crippen molar-refractivity contribution in [3.8, 4) is 0 Å². The molecular formula is C19H25NO4. The van der Waals surface area contributed by atoms with E-state index >= 15 is 0 Å². The van der Waals surface area contributed by atoms with Gasteiger partial charge in [0, 0.05) is 19.3 Å². The van der Waals surface area contributed by atoms with Crippen LogP contribution in [0.25, 0.3) is 0 Å². The maximum atomic E-state index is 12.7. The third-order valence-electron chi connectivity index (χ3n) is 4.96. The molecule has 0 amide bonds. The van der Waals surface area contributed by atoms with Crippen molar-refractivity contribution in [2.75, 3.05) is 20.1 Å². The Hall–Kier alpha value is -2.01. The number of benzene rings is 1. The first kappa shape index (κ1) is 16.8. The van der Waals surface area contributed by atoms with Crippen LogP contribution < -0.4 is 0 Å². The molecule has 2 aliphatic rings. The van der Waals surface area contributed by atoms with Crippen LogP contribution in [0.3, 0.4) is 0 Å². The molecule has 0 aliphatic carbocycles. The number of hydrogen-bond acceptors (Lipinski definition) is 5. The highest BCUT2D eigenvalue weighted by Gasteiger charge is 2.48. The van der Waals surface area contributed by atoms with Crippen molar-refractivity contribution in [3.05, 3.63) is 47.4 Å². The highest BCUT2D eigenvalue weighted by atomic mass is 16.8. The van der Waals surface area contributed by atoms with Gasteiger partial charge in [-0.2, -0.15) is 0 Å². The van der Waals surface area contributed by atoms with Gasteiger partial charge in [0.05, 0.1) is 0 Å². The van der Waals surface area contributed by atoms with Gasteiger partial charge in [0.25, 0.3) is 11.7 Å². The summed E-state index contributed by atoms with van der Waals surface area (Å²) in [7, 11) is 2.07. The fraction of sp³-hybridized carbons (Fsp3) is 0.526. The molecule has 5 heteroatoms. The lowest BCUT2D eigenvalue weighted by molar-refractivity contribution is -0.225. The molecular weight excluding hydrogens is 306 g/mol. The highest BCUT2D eigenvalue weighted by Crippen LogP contribution is 2.45. The number of aliphatic hydroxyl groups is 1. The Labute approximate surface area is 142 Å². The third kappa shape index (κ3) is 3.26. The zero-order valence-electron chi connectivity index (χ0n) is 14.5. The zero-order valence-corrected chi connectivity index (χ0v) is 14.5. The smallest absolute Gasteiger partial charge is 0.345 e. The summed E-state index contributed by atoms with van der Waals surface area (Å²) in [5.41, 5.74) is 0.963. The Balaban J connectivity index is 2.00. The summed E-state index contributed by atoms with van der Waals surface area (Å²) in [6, 6.07) is 10.1. The molecule has 2 heterocycles. The van der Waals surface area contributed by atoms with E-state index in [0.717, 1.165) is 31.5 Å². The molecule has 0 radical (unpaired) electrons. The van der Waals surface area contributed by atoms with Crippen molar-refractivity contribution in [2.45, 2.75) is 38.9 Å². The van der Waals surface area contributed by atoms with Crippen LogP contribution >= 0.6 is 0 Å². The molecule has 1 saturated heterocycles. The minimum absolute atomic E-state index is 0.281. The second-order valence-electron chi connectivity index (χ2n) is 7.32. The summed E-state index contributed by atoms with van der Waals surface area (Å²) in [6.45, 7) is 4.97. The van der Waals surface area contributed by atoms with Crippen LogP contribution in [-0.2, 0) is 20.7 Å². The first-order valence-corrected chi connectivity index (χ1v) is 8.40. The van der Waals surface area contributed by atoms with Crippen molar-refractivity contribution in [1.29, 1.82) is 0 Å². The molecule has 1 aromatic carbocycles. The lowest BCUT2D eigenvalue weighted by Gasteiger charge is -2.44. The van der Waals surface area contributed by atoms with Crippen LogP contribution in [0.5, 0.6) is 0 Å². The van der Waals surface area contributed by atoms with Crippen LogP contribution in [0.4, 0.5) is 0 Å². The van der Waals surface area contributed by atoms with Crippen molar-refractivity contribution < 1.29 is 19.4 Å². The summed E-state index contributed by atoms with van der Waals surface area (Å²) < 4.78 is 10.9. The number of rotatable bonds is 3. The van der Waals surface area contributed by atoms with Gasteiger partial charge in [-0.25, -0.2) is 4.79 Å². The third-order valence-corrected chi connectivity index (χ3v) is 4.96. The van der Waals surface area contributed by atoms with Crippen LogP contribution in [-0.4, -0.2) is 41.9 Å². The first-order valence-electron chi connectivity index (χ1n) is 8.40. The van der Waals surface area contributed by atoms with E-state index < -0.39 is 17.2 Å². The first-order chi connectivity index (χ1) is 11.3. The van der Waals surface area contributed by atoms with Gasteiger partial charge in [0.2, 0.25) is 0 Å². The standard InChI is InChI=1S/C19H25NO4/c1-18(2)23-16(21)15(17(22)24-18)19(9-11-20(3)12-10-19)13-14-7-5-4-6-8-14/h4-8,21H,9-13H2,1-3H3. The highest BCUT2D eigenvalue weighted by molar-refractivity contribution is 5.91. The van der Waals surface area contributed by atoms with Gasteiger partial charge in [-0.3, -0.25) is 0 Å². The molecule has 130 valence electrons. The summed E-state index contributed by atoms with van der Waals surface area (Å²) >= 11 is 0. The second kappa shape index (κ2) is 6.13. The SMILES string of the molecule is CN1CCC(Cc2ccccc2)(C2=C(O)OC(C)(C)OC2=O)CC1. The van der Waals surface area contributed by atoms with E-state index in [4.69, 9.17) is 9.47 Å². The molecule has 1 aromatic rings. The predicted octanol–water partition coefficient (Wildman–Crippen LogP) is 3.02. The number of ether oxygens (including phenoxy) is 2. The summed E-state index contributed by atoms with van der Waals surface area (Å²) in [5, 5.41) is 10.5. The number of carbonyl (C=O) groups excluding carboxylic acids is 1. The van der Waals surface area contributed by atoms with E-state index in [1.807, 2.05) is 18.2 Å². The van der Waals surface area contributed by atoms with Gasteiger partial charge in [-0.1, -0.05) is 30.3 Å². The molecule has 0 spiro atoms. The molecule has 0 bridgehead atoms. The maximum Gasteiger partial charge on any atom is 0.345 e. The lowest BCUT2D eigenvalue weighted by atomic mass is 9.68. The lowest BCUT2D eigenvalue weighted by Crippen LogP contribution is -2.47. The number of piperidine rings is 1. The van der Waals surface area contributed by atoms with Crippen LogP contribution in [0, 0.1) is 5.41 Å². The van der Waals surface area contributed by atoms with Crippen molar-refractivity contribution >= 4 is 5.97 Å². The molecule has 3 rings (SSSR count). The van der Waals surface area contributed by atoms with Gasteiger partial charge in [0.1, 0.15) is 5.57 Å². The molecule has 24 heavy (non-hydrogen) atoms. The Morgan fingerprint density at radius 3 is 2.33 bits per heavy atom. The number of carbonyl (C=O) groups is 1. The van der Waals surface area contributed by atoms with Crippen LogP contribution in [0.15, 0.2) is 41.9 Å². The van der Waals surface area contributed by atoms with Gasteiger partial charge >= 0.3 is 5.97 Å². The van der Waals surface area contributed by atoms with E-state index in [1.165, 1.54) is 0 Å². The number of aliphatic hydroxyl groups excluding tert-OH is 1. The largest absolute Gasteiger partial charge is 0.480 e. The topological polar surface area (TPSA) is 59.0 Å². The zero-order chi connectivity index (χ0) is 17.4. The van der Waals surface area contributed by atoms with Gasteiger partial charge in [-0.15, -0.1) is 0 Å². The summed E-state index contributed by atoms with van der Waals surface area (Å²) in [5.74, 6) is -1.88. The predicted molar refractivity (Wildman–Crippen MR) is 90.2 cm³/mol. The van der Waals surface area contributed by atoms with Crippen molar-refractivity contribution in [1.82, 2.24) is 4.90 Å². The summed E-state index contributed by atoms with van der Waals surface area (Å²) in [4.78, 5) is 14.9. The molecule has 2 aliphatic heterocycles. The number of esters is 1. The Kier molecular flexibility index (Phi) is 4.30. The molecule has 1 fully saturated rings. The normalized spacial score (nSPS) is 23.5. The molecule has 0 atom stereocenters. The molecule has 0 aromatic heterocycles. The number of hydrogen-bond donors (Lipinski definition) is 1. The minimum Gasteiger partial charge on any atom is -0.480 e. The average Bonchev–Trinajstić information content (AvgIpc) is 2.49. The van der Waals surface area contributed by atoms with E-state index in [-0.39, 0.29) is 5.95 Å². The number of likely N-dealkylation sites (tertiary alicyclic amines) is 1. The van der Waals surface area contributed by atoms with E-state index in [0.29, 0.717) is 12.0 Å². The average molecular weight is 331 g/mol. The summed E-state index contributed by atoms with van der Waals surface area (Å²) in [6.07, 6.45) is 2.23. The van der Waals surface area contributed by atoms with E-state index in [9.17, 15) is 9.90 Å². The Morgan fingerprint density at radius 1 is 1.12 bits per heavy atom. The molecule has 0 unspecified atom stereocenters. The second-order valence-corrected chi connectivity index (χ2v) is 7.32. The number of nitrogens with zero attached hydrogens (tertiary/aromatic N) is 1. The Bertz CT molecular complexity index is 643. The van der Waals surface area contributed by atoms with E-state index in [2.05, 4.69) is 24.1 Å². The van der Waals surface area contributed by atoms with Gasteiger partial charge in [-0.05, 0) is 45.0 Å². The van der Waals surface area contributed by atoms with Crippen LogP contribution in [0.2, 0.25) is 0 Å². The fourth-order valence-electron chi connectivity index (χ4n) is 3.66. The number of cyclic esters (lactones) is 1. The van der Waals surface area contributed by atoms with E-state index in [1.54, 1.807) is 13.8 Å². The van der Waals surface area contributed by atoms with Crippen molar-refractivity contribution in [3.63, 3.8) is 0 Å². The maximum absolute atomic E-state index is 12.7. The molecule has 5 nitrogen and oxygen atoms in total. The van der Waals surface area contributed by atoms with Crippen molar-refractivity contribution in [2.24, 2.45) is 5.41 Å². The fourth-order valence-corrected chi connectivity index (χ4v) is 3.66. The minimum atomic E-state index is -1.13. The molecule has 1 N–H and O–H groups in total.